The third-order valence-corrected chi connectivity index (χ3v) is 4.97. The Morgan fingerprint density at radius 3 is 2.57 bits per heavy atom. The number of halogens is 1. The summed E-state index contributed by atoms with van der Waals surface area (Å²) in [4.78, 5) is 7.18. The lowest BCUT2D eigenvalue weighted by molar-refractivity contribution is 0.122. The lowest BCUT2D eigenvalue weighted by atomic mass is 10.1. The molecule has 0 atom stereocenters. The Labute approximate surface area is 172 Å². The number of ether oxygens (including phenoxy) is 1. The maximum absolute atomic E-state index is 5.95. The Kier molecular flexibility index (Phi) is 8.00. The highest BCUT2D eigenvalue weighted by Crippen LogP contribution is 2.22. The van der Waals surface area contributed by atoms with Gasteiger partial charge in [-0.2, -0.15) is 0 Å². The fourth-order valence-electron chi connectivity index (χ4n) is 3.24. The Bertz CT molecular complexity index is 757. The van der Waals surface area contributed by atoms with E-state index in [1.54, 1.807) is 0 Å². The standard InChI is InChI=1S/C22H29ClN4O/c1-2-24-22(25-12-11-18-7-9-20(23)10-8-18)26-17-19-5-3-4-6-21(19)27-13-15-28-16-14-27/h3-10H,2,11-17H2,1H3,(H2,24,25,26). The molecule has 6 heteroatoms. The van der Waals surface area contributed by atoms with Gasteiger partial charge in [0.15, 0.2) is 5.96 Å². The average molecular weight is 401 g/mol. The molecule has 0 spiro atoms. The zero-order valence-electron chi connectivity index (χ0n) is 16.5. The molecule has 2 N–H and O–H groups in total. The van der Waals surface area contributed by atoms with Crippen molar-refractivity contribution in [2.45, 2.75) is 19.9 Å². The van der Waals surface area contributed by atoms with Crippen LogP contribution in [0.1, 0.15) is 18.1 Å². The van der Waals surface area contributed by atoms with Gasteiger partial charge in [-0.15, -0.1) is 0 Å². The molecule has 0 aliphatic carbocycles. The van der Waals surface area contributed by atoms with Gasteiger partial charge in [0.05, 0.1) is 19.8 Å². The van der Waals surface area contributed by atoms with Crippen LogP contribution in [0, 0.1) is 0 Å². The van der Waals surface area contributed by atoms with Crippen LogP contribution in [-0.4, -0.2) is 45.4 Å². The largest absolute Gasteiger partial charge is 0.378 e. The van der Waals surface area contributed by atoms with Crippen LogP contribution in [0.15, 0.2) is 53.5 Å². The number of hydrogen-bond acceptors (Lipinski definition) is 3. The summed E-state index contributed by atoms with van der Waals surface area (Å²) in [6.45, 7) is 7.80. The van der Waals surface area contributed by atoms with Crippen LogP contribution in [0.2, 0.25) is 5.02 Å². The van der Waals surface area contributed by atoms with Gasteiger partial charge in [0.1, 0.15) is 0 Å². The van der Waals surface area contributed by atoms with Gasteiger partial charge in [0, 0.05) is 36.9 Å². The van der Waals surface area contributed by atoms with E-state index in [0.29, 0.717) is 6.54 Å². The minimum atomic E-state index is 0.643. The molecule has 0 unspecified atom stereocenters. The molecule has 1 heterocycles. The van der Waals surface area contributed by atoms with E-state index in [2.05, 4.69) is 58.9 Å². The van der Waals surface area contributed by atoms with E-state index in [1.807, 2.05) is 12.1 Å². The summed E-state index contributed by atoms with van der Waals surface area (Å²) in [5.41, 5.74) is 3.75. The molecule has 0 saturated carbocycles. The maximum Gasteiger partial charge on any atom is 0.191 e. The van der Waals surface area contributed by atoms with Crippen molar-refractivity contribution in [3.05, 3.63) is 64.7 Å². The van der Waals surface area contributed by atoms with Gasteiger partial charge in [0.25, 0.3) is 0 Å². The van der Waals surface area contributed by atoms with Crippen molar-refractivity contribution >= 4 is 23.2 Å². The topological polar surface area (TPSA) is 48.9 Å². The molecule has 1 aliphatic heterocycles. The molecular formula is C22H29ClN4O. The van der Waals surface area contributed by atoms with Crippen LogP contribution in [0.25, 0.3) is 0 Å². The number of nitrogens with zero attached hydrogens (tertiary/aromatic N) is 2. The van der Waals surface area contributed by atoms with Gasteiger partial charge in [0.2, 0.25) is 0 Å². The quantitative estimate of drug-likeness (QED) is 0.552. The van der Waals surface area contributed by atoms with E-state index in [1.165, 1.54) is 16.8 Å². The van der Waals surface area contributed by atoms with Gasteiger partial charge in [-0.3, -0.25) is 0 Å². The van der Waals surface area contributed by atoms with Crippen LogP contribution in [0.5, 0.6) is 0 Å². The van der Waals surface area contributed by atoms with Crippen LogP contribution in [-0.2, 0) is 17.7 Å². The number of nitrogens with one attached hydrogen (secondary N) is 2. The Balaban J connectivity index is 1.60. The van der Waals surface area contributed by atoms with E-state index >= 15 is 0 Å². The molecule has 1 fully saturated rings. The van der Waals surface area contributed by atoms with Crippen molar-refractivity contribution in [3.63, 3.8) is 0 Å². The first-order valence-corrected chi connectivity index (χ1v) is 10.3. The number of para-hydroxylation sites is 1. The van der Waals surface area contributed by atoms with Gasteiger partial charge in [-0.25, -0.2) is 4.99 Å². The molecule has 150 valence electrons. The van der Waals surface area contributed by atoms with Crippen molar-refractivity contribution in [2.75, 3.05) is 44.3 Å². The number of anilines is 1. The summed E-state index contributed by atoms with van der Waals surface area (Å²) in [7, 11) is 0. The molecule has 0 radical (unpaired) electrons. The molecule has 2 aromatic carbocycles. The van der Waals surface area contributed by atoms with Crippen molar-refractivity contribution in [2.24, 2.45) is 4.99 Å². The van der Waals surface area contributed by atoms with Crippen LogP contribution in [0.3, 0.4) is 0 Å². The third kappa shape index (κ3) is 6.14. The number of morpholine rings is 1. The zero-order valence-corrected chi connectivity index (χ0v) is 17.2. The average Bonchev–Trinajstić information content (AvgIpc) is 2.74. The molecule has 0 amide bonds. The number of benzene rings is 2. The van der Waals surface area contributed by atoms with Crippen molar-refractivity contribution in [1.29, 1.82) is 0 Å². The van der Waals surface area contributed by atoms with Crippen molar-refractivity contribution in [3.8, 4) is 0 Å². The molecular weight excluding hydrogens is 372 g/mol. The fourth-order valence-corrected chi connectivity index (χ4v) is 3.37. The van der Waals surface area contributed by atoms with E-state index in [4.69, 9.17) is 21.3 Å². The fraction of sp³-hybridized carbons (Fsp3) is 0.409. The summed E-state index contributed by atoms with van der Waals surface area (Å²) >= 11 is 5.95. The minimum Gasteiger partial charge on any atom is -0.378 e. The first-order valence-electron chi connectivity index (χ1n) is 9.93. The molecule has 1 aliphatic rings. The van der Waals surface area contributed by atoms with Gasteiger partial charge in [-0.1, -0.05) is 41.9 Å². The van der Waals surface area contributed by atoms with E-state index < -0.39 is 0 Å². The molecule has 3 rings (SSSR count). The second-order valence-corrected chi connectivity index (χ2v) is 7.16. The van der Waals surface area contributed by atoms with E-state index in [0.717, 1.165) is 56.8 Å². The molecule has 28 heavy (non-hydrogen) atoms. The van der Waals surface area contributed by atoms with Crippen LogP contribution >= 0.6 is 11.6 Å². The predicted molar refractivity (Wildman–Crippen MR) is 117 cm³/mol. The normalized spacial score (nSPS) is 14.8. The molecule has 0 bridgehead atoms. The number of hydrogen-bond donors (Lipinski definition) is 2. The summed E-state index contributed by atoms with van der Waals surface area (Å²) in [5.74, 6) is 0.841. The van der Waals surface area contributed by atoms with Crippen LogP contribution in [0.4, 0.5) is 5.69 Å². The highest BCUT2D eigenvalue weighted by molar-refractivity contribution is 6.30. The maximum atomic E-state index is 5.95. The summed E-state index contributed by atoms with van der Waals surface area (Å²) in [6, 6.07) is 16.5. The lowest BCUT2D eigenvalue weighted by Crippen LogP contribution is -2.38. The third-order valence-electron chi connectivity index (χ3n) is 4.71. The van der Waals surface area contributed by atoms with E-state index in [9.17, 15) is 0 Å². The second-order valence-electron chi connectivity index (χ2n) is 6.73. The zero-order chi connectivity index (χ0) is 19.6. The predicted octanol–water partition coefficient (Wildman–Crippen LogP) is 3.47. The second kappa shape index (κ2) is 10.9. The smallest absolute Gasteiger partial charge is 0.191 e. The van der Waals surface area contributed by atoms with E-state index in [-0.39, 0.29) is 0 Å². The minimum absolute atomic E-state index is 0.643. The molecule has 1 saturated heterocycles. The lowest BCUT2D eigenvalue weighted by Gasteiger charge is -2.30. The highest BCUT2D eigenvalue weighted by atomic mass is 35.5. The number of guanidine groups is 1. The first kappa shape index (κ1) is 20.5. The van der Waals surface area contributed by atoms with Gasteiger partial charge in [-0.05, 0) is 42.7 Å². The van der Waals surface area contributed by atoms with Gasteiger partial charge >= 0.3 is 0 Å². The Hall–Kier alpha value is -2.24. The molecule has 5 nitrogen and oxygen atoms in total. The number of aliphatic imine (C=N–C) groups is 1. The first-order chi connectivity index (χ1) is 13.8. The van der Waals surface area contributed by atoms with Gasteiger partial charge < -0.3 is 20.3 Å². The molecule has 2 aromatic rings. The van der Waals surface area contributed by atoms with Crippen molar-refractivity contribution < 1.29 is 4.74 Å². The molecule has 0 aromatic heterocycles. The number of rotatable bonds is 7. The van der Waals surface area contributed by atoms with Crippen LogP contribution < -0.4 is 15.5 Å². The summed E-state index contributed by atoms with van der Waals surface area (Å²) in [5, 5.41) is 7.53. The van der Waals surface area contributed by atoms with Crippen molar-refractivity contribution in [1.82, 2.24) is 10.6 Å². The summed E-state index contributed by atoms with van der Waals surface area (Å²) in [6.07, 6.45) is 0.923. The monoisotopic (exact) mass is 400 g/mol. The Morgan fingerprint density at radius 2 is 1.82 bits per heavy atom. The summed E-state index contributed by atoms with van der Waals surface area (Å²) < 4.78 is 5.48. The Morgan fingerprint density at radius 1 is 1.07 bits per heavy atom. The SMILES string of the molecule is CCNC(=NCc1ccccc1N1CCOCC1)NCCc1ccc(Cl)cc1. The highest BCUT2D eigenvalue weighted by Gasteiger charge is 2.14.